The van der Waals surface area contributed by atoms with Gasteiger partial charge in [0.1, 0.15) is 0 Å². The number of nitrogens with zero attached hydrogens (tertiary/aromatic N) is 1. The number of hydrogen-bond donors (Lipinski definition) is 1. The van der Waals surface area contributed by atoms with Crippen molar-refractivity contribution in [2.45, 2.75) is 38.1 Å². The van der Waals surface area contributed by atoms with Crippen LogP contribution >= 0.6 is 0 Å². The van der Waals surface area contributed by atoms with Crippen molar-refractivity contribution in [3.8, 4) is 0 Å². The number of rotatable bonds is 3. The minimum Gasteiger partial charge on any atom is -0.381 e. The van der Waals surface area contributed by atoms with Crippen LogP contribution in [0.2, 0.25) is 0 Å². The Morgan fingerprint density at radius 2 is 2.06 bits per heavy atom. The first-order valence-corrected chi connectivity index (χ1v) is 7.08. The molecule has 4 nitrogen and oxygen atoms in total. The third-order valence-electron chi connectivity index (χ3n) is 3.96. The highest BCUT2D eigenvalue weighted by Crippen LogP contribution is 2.18. The lowest BCUT2D eigenvalue weighted by Crippen LogP contribution is -2.46. The summed E-state index contributed by atoms with van der Waals surface area (Å²) in [7, 11) is 0. The van der Waals surface area contributed by atoms with Crippen molar-refractivity contribution in [2.75, 3.05) is 26.3 Å². The van der Waals surface area contributed by atoms with Crippen molar-refractivity contribution in [2.24, 2.45) is 11.7 Å². The summed E-state index contributed by atoms with van der Waals surface area (Å²) in [5, 5.41) is 0. The zero-order valence-corrected chi connectivity index (χ0v) is 11.0. The number of nitrogens with two attached hydrogens (primary N) is 1. The fourth-order valence-electron chi connectivity index (χ4n) is 2.76. The summed E-state index contributed by atoms with van der Waals surface area (Å²) in [5.41, 5.74) is 5.74. The number of piperidine rings is 1. The van der Waals surface area contributed by atoms with E-state index in [1.54, 1.807) is 6.08 Å². The van der Waals surface area contributed by atoms with Crippen LogP contribution in [0.1, 0.15) is 32.1 Å². The molecular weight excluding hydrogens is 228 g/mol. The molecule has 4 heteroatoms. The van der Waals surface area contributed by atoms with E-state index in [1.165, 1.54) is 6.42 Å². The van der Waals surface area contributed by atoms with Gasteiger partial charge in [-0.05, 0) is 44.1 Å². The van der Waals surface area contributed by atoms with Crippen LogP contribution in [0, 0.1) is 5.92 Å². The SMILES string of the molecule is NCC1CCCCN1C(=O)C=CC1CCOCC1. The normalized spacial score (nSPS) is 26.7. The van der Waals surface area contributed by atoms with Gasteiger partial charge in [-0.15, -0.1) is 0 Å². The minimum absolute atomic E-state index is 0.136. The van der Waals surface area contributed by atoms with E-state index in [0.29, 0.717) is 12.5 Å². The lowest BCUT2D eigenvalue weighted by Gasteiger charge is -2.34. The van der Waals surface area contributed by atoms with Crippen molar-refractivity contribution < 1.29 is 9.53 Å². The molecule has 0 aromatic rings. The number of allylic oxidation sites excluding steroid dienone is 1. The molecule has 2 heterocycles. The molecular formula is C14H24N2O2. The monoisotopic (exact) mass is 252 g/mol. The predicted octanol–water partition coefficient (Wildman–Crippen LogP) is 1.31. The molecule has 0 aromatic carbocycles. The maximum Gasteiger partial charge on any atom is 0.246 e. The number of likely N-dealkylation sites (tertiary alicyclic amines) is 1. The Bertz CT molecular complexity index is 298. The highest BCUT2D eigenvalue weighted by molar-refractivity contribution is 5.88. The third-order valence-corrected chi connectivity index (χ3v) is 3.96. The molecule has 2 aliphatic rings. The second-order valence-corrected chi connectivity index (χ2v) is 5.23. The van der Waals surface area contributed by atoms with Crippen LogP contribution in [0.4, 0.5) is 0 Å². The van der Waals surface area contributed by atoms with E-state index in [0.717, 1.165) is 45.4 Å². The molecule has 2 N–H and O–H groups in total. The Hall–Kier alpha value is -0.870. The van der Waals surface area contributed by atoms with Crippen molar-refractivity contribution in [1.82, 2.24) is 4.90 Å². The summed E-state index contributed by atoms with van der Waals surface area (Å²) < 4.78 is 5.31. The van der Waals surface area contributed by atoms with Gasteiger partial charge < -0.3 is 15.4 Å². The van der Waals surface area contributed by atoms with Crippen LogP contribution in [-0.4, -0.2) is 43.2 Å². The van der Waals surface area contributed by atoms with Gasteiger partial charge in [0, 0.05) is 32.3 Å². The van der Waals surface area contributed by atoms with Crippen LogP contribution in [0.15, 0.2) is 12.2 Å². The summed E-state index contributed by atoms with van der Waals surface area (Å²) in [5.74, 6) is 0.639. The van der Waals surface area contributed by atoms with E-state index < -0.39 is 0 Å². The average molecular weight is 252 g/mol. The highest BCUT2D eigenvalue weighted by Gasteiger charge is 2.24. The van der Waals surface area contributed by atoms with Crippen LogP contribution in [-0.2, 0) is 9.53 Å². The molecule has 0 spiro atoms. The molecule has 2 rings (SSSR count). The molecule has 1 atom stereocenters. The Morgan fingerprint density at radius 1 is 1.28 bits per heavy atom. The summed E-state index contributed by atoms with van der Waals surface area (Å²) in [6, 6.07) is 0.241. The van der Waals surface area contributed by atoms with Gasteiger partial charge >= 0.3 is 0 Å². The first-order valence-electron chi connectivity index (χ1n) is 7.08. The van der Waals surface area contributed by atoms with Crippen LogP contribution in [0.5, 0.6) is 0 Å². The first-order chi connectivity index (χ1) is 8.81. The molecule has 1 unspecified atom stereocenters. The zero-order valence-electron chi connectivity index (χ0n) is 11.0. The maximum atomic E-state index is 12.2. The molecule has 0 aromatic heterocycles. The van der Waals surface area contributed by atoms with Crippen molar-refractivity contribution in [3.63, 3.8) is 0 Å². The molecule has 2 fully saturated rings. The van der Waals surface area contributed by atoms with Gasteiger partial charge in [0.25, 0.3) is 0 Å². The second kappa shape index (κ2) is 6.90. The molecule has 18 heavy (non-hydrogen) atoms. The number of carbonyl (C=O) groups is 1. The quantitative estimate of drug-likeness (QED) is 0.770. The van der Waals surface area contributed by atoms with Crippen LogP contribution in [0.3, 0.4) is 0 Å². The number of ether oxygens (including phenoxy) is 1. The van der Waals surface area contributed by atoms with Gasteiger partial charge in [-0.25, -0.2) is 0 Å². The van der Waals surface area contributed by atoms with E-state index in [1.807, 2.05) is 4.90 Å². The second-order valence-electron chi connectivity index (χ2n) is 5.23. The van der Waals surface area contributed by atoms with Gasteiger partial charge in [0.2, 0.25) is 5.91 Å². The van der Waals surface area contributed by atoms with Crippen molar-refractivity contribution >= 4 is 5.91 Å². The summed E-state index contributed by atoms with van der Waals surface area (Å²) in [4.78, 5) is 14.1. The lowest BCUT2D eigenvalue weighted by molar-refractivity contribution is -0.129. The topological polar surface area (TPSA) is 55.6 Å². The van der Waals surface area contributed by atoms with Crippen LogP contribution in [0.25, 0.3) is 0 Å². The van der Waals surface area contributed by atoms with E-state index in [-0.39, 0.29) is 11.9 Å². The molecule has 2 aliphatic heterocycles. The van der Waals surface area contributed by atoms with Gasteiger partial charge in [-0.3, -0.25) is 4.79 Å². The first kappa shape index (κ1) is 13.6. The van der Waals surface area contributed by atoms with Gasteiger partial charge in [0.05, 0.1) is 0 Å². The van der Waals surface area contributed by atoms with Crippen molar-refractivity contribution in [1.29, 1.82) is 0 Å². The van der Waals surface area contributed by atoms with Gasteiger partial charge in [-0.2, -0.15) is 0 Å². The minimum atomic E-state index is 0.136. The largest absolute Gasteiger partial charge is 0.381 e. The molecule has 102 valence electrons. The van der Waals surface area contributed by atoms with E-state index in [2.05, 4.69) is 6.08 Å². The third kappa shape index (κ3) is 3.56. The van der Waals surface area contributed by atoms with Crippen molar-refractivity contribution in [3.05, 3.63) is 12.2 Å². The van der Waals surface area contributed by atoms with E-state index >= 15 is 0 Å². The molecule has 0 saturated carbocycles. The zero-order chi connectivity index (χ0) is 12.8. The fourth-order valence-corrected chi connectivity index (χ4v) is 2.76. The Labute approximate surface area is 109 Å². The molecule has 2 saturated heterocycles. The number of hydrogen-bond acceptors (Lipinski definition) is 3. The summed E-state index contributed by atoms with van der Waals surface area (Å²) in [6.45, 7) is 3.08. The standard InChI is InChI=1S/C14H24N2O2/c15-11-13-3-1-2-8-16(13)14(17)5-4-12-6-9-18-10-7-12/h4-5,12-13H,1-3,6-11,15H2. The Kier molecular flexibility index (Phi) is 5.20. The maximum absolute atomic E-state index is 12.2. The fraction of sp³-hybridized carbons (Fsp3) is 0.786. The number of amides is 1. The molecule has 0 aliphatic carbocycles. The van der Waals surface area contributed by atoms with Crippen LogP contribution < -0.4 is 5.73 Å². The Morgan fingerprint density at radius 3 is 2.78 bits per heavy atom. The molecule has 1 amide bonds. The predicted molar refractivity (Wildman–Crippen MR) is 71.1 cm³/mol. The Balaban J connectivity index is 1.87. The van der Waals surface area contributed by atoms with Gasteiger partial charge in [-0.1, -0.05) is 6.08 Å². The smallest absolute Gasteiger partial charge is 0.246 e. The average Bonchev–Trinajstić information content (AvgIpc) is 2.45. The lowest BCUT2D eigenvalue weighted by atomic mass is 9.99. The van der Waals surface area contributed by atoms with Gasteiger partial charge in [0.15, 0.2) is 0 Å². The highest BCUT2D eigenvalue weighted by atomic mass is 16.5. The molecule has 0 bridgehead atoms. The summed E-state index contributed by atoms with van der Waals surface area (Å²) in [6.07, 6.45) is 9.22. The summed E-state index contributed by atoms with van der Waals surface area (Å²) >= 11 is 0. The molecule has 0 radical (unpaired) electrons. The van der Waals surface area contributed by atoms with E-state index in [9.17, 15) is 4.79 Å². The number of carbonyl (C=O) groups excluding carboxylic acids is 1. The van der Waals surface area contributed by atoms with E-state index in [4.69, 9.17) is 10.5 Å².